The highest BCUT2D eigenvalue weighted by Gasteiger charge is 2.27. The van der Waals surface area contributed by atoms with E-state index in [1.54, 1.807) is 6.07 Å². The molecule has 1 aliphatic heterocycles. The second-order valence-electron chi connectivity index (χ2n) is 5.98. The normalized spacial score (nSPS) is 22.6. The summed E-state index contributed by atoms with van der Waals surface area (Å²) in [6.45, 7) is 4.19. The first-order valence-corrected chi connectivity index (χ1v) is 8.26. The fourth-order valence-electron chi connectivity index (χ4n) is 2.89. The highest BCUT2D eigenvalue weighted by Crippen LogP contribution is 2.31. The molecule has 20 heavy (non-hydrogen) atoms. The molecule has 1 saturated carbocycles. The molecule has 2 aliphatic rings. The number of rotatable bonds is 7. The van der Waals surface area contributed by atoms with Crippen molar-refractivity contribution in [2.24, 2.45) is 5.92 Å². The van der Waals surface area contributed by atoms with Crippen molar-refractivity contribution in [3.63, 3.8) is 0 Å². The third-order valence-corrected chi connectivity index (χ3v) is 5.01. The predicted molar refractivity (Wildman–Crippen MR) is 80.0 cm³/mol. The molecule has 1 unspecified atom stereocenters. The molecule has 0 spiro atoms. The Labute approximate surface area is 123 Å². The largest absolute Gasteiger partial charge is 0.324 e. The van der Waals surface area contributed by atoms with Gasteiger partial charge in [-0.15, -0.1) is 0 Å². The highest BCUT2D eigenvalue weighted by atomic mass is 32.1. The minimum atomic E-state index is -0.294. The molecule has 2 fully saturated rings. The Hall–Kier alpha value is -0.980. The Bertz CT molecular complexity index is 467. The Morgan fingerprint density at radius 2 is 2.25 bits per heavy atom. The van der Waals surface area contributed by atoms with E-state index >= 15 is 0 Å². The SMILES string of the molecule is O=[N+]([O-])c1cc(CN(CC2CC2)CC2CCCN2)cs1. The molecule has 6 heteroatoms. The second-order valence-corrected chi connectivity index (χ2v) is 6.87. The highest BCUT2D eigenvalue weighted by molar-refractivity contribution is 7.13. The van der Waals surface area contributed by atoms with Crippen LogP contribution in [0.1, 0.15) is 31.2 Å². The van der Waals surface area contributed by atoms with Gasteiger partial charge in [0, 0.05) is 37.1 Å². The lowest BCUT2D eigenvalue weighted by Gasteiger charge is -2.25. The van der Waals surface area contributed by atoms with E-state index in [-0.39, 0.29) is 9.92 Å². The lowest BCUT2D eigenvalue weighted by Crippen LogP contribution is -2.38. The number of thiophene rings is 1. The lowest BCUT2D eigenvalue weighted by molar-refractivity contribution is -0.380. The van der Waals surface area contributed by atoms with Gasteiger partial charge in [0.15, 0.2) is 0 Å². The van der Waals surface area contributed by atoms with Crippen LogP contribution in [0.25, 0.3) is 0 Å². The van der Waals surface area contributed by atoms with Crippen molar-refractivity contribution < 1.29 is 4.92 Å². The summed E-state index contributed by atoms with van der Waals surface area (Å²) in [5.74, 6) is 0.852. The van der Waals surface area contributed by atoms with E-state index in [4.69, 9.17) is 0 Å². The number of nitro groups is 1. The van der Waals surface area contributed by atoms with Crippen molar-refractivity contribution in [3.8, 4) is 0 Å². The molecule has 1 aromatic heterocycles. The number of nitrogens with zero attached hydrogens (tertiary/aromatic N) is 2. The van der Waals surface area contributed by atoms with Crippen LogP contribution in [-0.4, -0.2) is 35.5 Å². The zero-order valence-electron chi connectivity index (χ0n) is 11.6. The summed E-state index contributed by atoms with van der Waals surface area (Å²) in [7, 11) is 0. The molecule has 110 valence electrons. The number of hydrogen-bond acceptors (Lipinski definition) is 5. The maximum absolute atomic E-state index is 10.8. The predicted octanol–water partition coefficient (Wildman–Crippen LogP) is 2.62. The summed E-state index contributed by atoms with van der Waals surface area (Å²) in [4.78, 5) is 12.9. The van der Waals surface area contributed by atoms with Gasteiger partial charge in [-0.25, -0.2) is 0 Å². The smallest absolute Gasteiger partial charge is 0.313 e. The topological polar surface area (TPSA) is 58.4 Å². The van der Waals surface area contributed by atoms with E-state index in [2.05, 4.69) is 10.2 Å². The molecule has 0 amide bonds. The summed E-state index contributed by atoms with van der Waals surface area (Å²) in [6, 6.07) is 2.33. The van der Waals surface area contributed by atoms with Gasteiger partial charge < -0.3 is 5.32 Å². The van der Waals surface area contributed by atoms with Gasteiger partial charge in [0.2, 0.25) is 0 Å². The van der Waals surface area contributed by atoms with E-state index in [1.165, 1.54) is 37.0 Å². The quantitative estimate of drug-likeness (QED) is 0.620. The van der Waals surface area contributed by atoms with Gasteiger partial charge in [0.25, 0.3) is 0 Å². The second kappa shape index (κ2) is 6.20. The van der Waals surface area contributed by atoms with Gasteiger partial charge >= 0.3 is 5.00 Å². The van der Waals surface area contributed by atoms with Crippen LogP contribution in [0, 0.1) is 16.0 Å². The van der Waals surface area contributed by atoms with Crippen LogP contribution in [0.5, 0.6) is 0 Å². The Kier molecular flexibility index (Phi) is 4.33. The van der Waals surface area contributed by atoms with E-state index < -0.39 is 0 Å². The van der Waals surface area contributed by atoms with Crippen molar-refractivity contribution in [3.05, 3.63) is 27.1 Å². The van der Waals surface area contributed by atoms with Crippen molar-refractivity contribution in [1.29, 1.82) is 0 Å². The molecule has 0 aromatic carbocycles. The molecule has 2 heterocycles. The zero-order chi connectivity index (χ0) is 13.9. The van der Waals surface area contributed by atoms with Crippen LogP contribution in [0.2, 0.25) is 0 Å². The molecular weight excluding hydrogens is 274 g/mol. The van der Waals surface area contributed by atoms with E-state index in [0.29, 0.717) is 6.04 Å². The standard InChI is InChI=1S/C14H21N3O2S/c18-17(19)14-6-12(10-20-14)8-16(7-11-3-4-11)9-13-2-1-5-15-13/h6,10-11,13,15H,1-5,7-9H2. The van der Waals surface area contributed by atoms with Crippen molar-refractivity contribution in [2.75, 3.05) is 19.6 Å². The van der Waals surface area contributed by atoms with Gasteiger partial charge in [-0.1, -0.05) is 11.3 Å². The minimum Gasteiger partial charge on any atom is -0.313 e. The fourth-order valence-corrected chi connectivity index (χ4v) is 3.61. The van der Waals surface area contributed by atoms with Crippen LogP contribution in [0.15, 0.2) is 11.4 Å². The zero-order valence-corrected chi connectivity index (χ0v) is 12.4. The first-order chi connectivity index (χ1) is 9.70. The van der Waals surface area contributed by atoms with Gasteiger partial charge in [-0.05, 0) is 43.7 Å². The van der Waals surface area contributed by atoms with Crippen LogP contribution >= 0.6 is 11.3 Å². The van der Waals surface area contributed by atoms with E-state index in [1.807, 2.05) is 5.38 Å². The lowest BCUT2D eigenvalue weighted by atomic mass is 10.2. The number of nitrogens with one attached hydrogen (secondary N) is 1. The number of hydrogen-bond donors (Lipinski definition) is 1. The van der Waals surface area contributed by atoms with Gasteiger partial charge in [0.05, 0.1) is 4.92 Å². The Morgan fingerprint density at radius 3 is 2.85 bits per heavy atom. The molecule has 3 rings (SSSR count). The Morgan fingerprint density at radius 1 is 1.40 bits per heavy atom. The molecule has 1 N–H and O–H groups in total. The van der Waals surface area contributed by atoms with E-state index in [9.17, 15) is 10.1 Å². The fraction of sp³-hybridized carbons (Fsp3) is 0.714. The van der Waals surface area contributed by atoms with Gasteiger partial charge in [0.1, 0.15) is 0 Å². The monoisotopic (exact) mass is 295 g/mol. The average molecular weight is 295 g/mol. The van der Waals surface area contributed by atoms with Crippen LogP contribution in [0.4, 0.5) is 5.00 Å². The molecule has 1 atom stereocenters. The van der Waals surface area contributed by atoms with Crippen LogP contribution in [-0.2, 0) is 6.54 Å². The average Bonchev–Trinajstić information content (AvgIpc) is 2.91. The molecule has 0 bridgehead atoms. The van der Waals surface area contributed by atoms with Gasteiger partial charge in [-0.3, -0.25) is 15.0 Å². The Balaban J connectivity index is 1.59. The molecule has 1 saturated heterocycles. The third kappa shape index (κ3) is 3.77. The first-order valence-electron chi connectivity index (χ1n) is 7.38. The maximum atomic E-state index is 10.8. The molecule has 5 nitrogen and oxygen atoms in total. The van der Waals surface area contributed by atoms with E-state index in [0.717, 1.165) is 37.7 Å². The van der Waals surface area contributed by atoms with Gasteiger partial charge in [-0.2, -0.15) is 0 Å². The maximum Gasteiger partial charge on any atom is 0.324 e. The van der Waals surface area contributed by atoms with Crippen molar-refractivity contribution in [1.82, 2.24) is 10.2 Å². The molecule has 0 radical (unpaired) electrons. The third-order valence-electron chi connectivity index (χ3n) is 4.08. The van der Waals surface area contributed by atoms with Crippen molar-refractivity contribution >= 4 is 16.3 Å². The van der Waals surface area contributed by atoms with Crippen molar-refractivity contribution in [2.45, 2.75) is 38.3 Å². The van der Waals surface area contributed by atoms with Crippen LogP contribution < -0.4 is 5.32 Å². The summed E-state index contributed by atoms with van der Waals surface area (Å²) < 4.78 is 0. The van der Waals surface area contributed by atoms with Crippen LogP contribution in [0.3, 0.4) is 0 Å². The minimum absolute atomic E-state index is 0.255. The summed E-state index contributed by atoms with van der Waals surface area (Å²) in [6.07, 6.45) is 5.22. The summed E-state index contributed by atoms with van der Waals surface area (Å²) in [5, 5.41) is 16.5. The molecule has 1 aromatic rings. The molecule has 1 aliphatic carbocycles. The first kappa shape index (κ1) is 14.0. The summed E-state index contributed by atoms with van der Waals surface area (Å²) >= 11 is 1.24. The summed E-state index contributed by atoms with van der Waals surface area (Å²) in [5.41, 5.74) is 1.08. The molecular formula is C14H21N3O2S.